The second kappa shape index (κ2) is 8.92. The highest BCUT2D eigenvalue weighted by molar-refractivity contribution is 7.99. The molecule has 0 spiro atoms. The van der Waals surface area contributed by atoms with Crippen LogP contribution in [0.5, 0.6) is 0 Å². The molecule has 0 aliphatic carbocycles. The Balaban J connectivity index is 1.71. The average molecular weight is 364 g/mol. The number of nitrogens with zero attached hydrogens (tertiary/aromatic N) is 3. The molecule has 0 N–H and O–H groups in total. The van der Waals surface area contributed by atoms with Crippen LogP contribution in [0.3, 0.4) is 0 Å². The maximum Gasteiger partial charge on any atom is 0.254 e. The largest absolute Gasteiger partial charge is 0.379 e. The molecule has 5 nitrogen and oxygen atoms in total. The summed E-state index contributed by atoms with van der Waals surface area (Å²) < 4.78 is 5.46. The van der Waals surface area contributed by atoms with Crippen LogP contribution in [0, 0.1) is 0 Å². The topological polar surface area (TPSA) is 36.0 Å². The van der Waals surface area contributed by atoms with Gasteiger partial charge in [0.25, 0.3) is 5.91 Å². The summed E-state index contributed by atoms with van der Waals surface area (Å²) in [6, 6.07) is 8.25. The van der Waals surface area contributed by atoms with Crippen molar-refractivity contribution in [3.05, 3.63) is 29.8 Å². The first kappa shape index (κ1) is 18.5. The van der Waals surface area contributed by atoms with Gasteiger partial charge in [0.1, 0.15) is 0 Å². The maximum absolute atomic E-state index is 13.1. The van der Waals surface area contributed by atoms with Crippen LogP contribution in [0.15, 0.2) is 24.3 Å². The molecule has 25 heavy (non-hydrogen) atoms. The van der Waals surface area contributed by atoms with Gasteiger partial charge in [-0.15, -0.1) is 0 Å². The van der Waals surface area contributed by atoms with Gasteiger partial charge in [-0.05, 0) is 36.4 Å². The van der Waals surface area contributed by atoms with Gasteiger partial charge in [0.15, 0.2) is 0 Å². The summed E-state index contributed by atoms with van der Waals surface area (Å²) >= 11 is 1.98. The van der Waals surface area contributed by atoms with Crippen LogP contribution in [0.1, 0.15) is 16.8 Å². The Morgan fingerprint density at radius 1 is 1.20 bits per heavy atom. The van der Waals surface area contributed by atoms with Crippen molar-refractivity contribution >= 4 is 23.4 Å². The molecule has 1 aromatic carbocycles. The third kappa shape index (κ3) is 4.90. The van der Waals surface area contributed by atoms with Crippen LogP contribution >= 0.6 is 11.8 Å². The van der Waals surface area contributed by atoms with Gasteiger partial charge in [-0.3, -0.25) is 9.69 Å². The Hall–Kier alpha value is -1.24. The number of carbonyl (C=O) groups excluding carboxylic acids is 1. The summed E-state index contributed by atoms with van der Waals surface area (Å²) in [5, 5.41) is 0. The van der Waals surface area contributed by atoms with Crippen molar-refractivity contribution in [3.8, 4) is 0 Å². The minimum absolute atomic E-state index is 0.172. The lowest BCUT2D eigenvalue weighted by Gasteiger charge is -2.35. The number of amides is 1. The molecule has 0 aromatic heterocycles. The van der Waals surface area contributed by atoms with Gasteiger partial charge in [0, 0.05) is 57.3 Å². The molecule has 2 aliphatic heterocycles. The van der Waals surface area contributed by atoms with E-state index in [1.54, 1.807) is 0 Å². The molecule has 1 atom stereocenters. The van der Waals surface area contributed by atoms with E-state index in [9.17, 15) is 4.79 Å². The molecule has 3 rings (SSSR count). The van der Waals surface area contributed by atoms with Crippen LogP contribution in [0.25, 0.3) is 0 Å². The molecule has 1 amide bonds. The molecule has 0 radical (unpaired) electrons. The first-order valence-electron chi connectivity index (χ1n) is 9.11. The van der Waals surface area contributed by atoms with E-state index >= 15 is 0 Å². The van der Waals surface area contributed by atoms with E-state index in [-0.39, 0.29) is 11.9 Å². The van der Waals surface area contributed by atoms with Gasteiger partial charge in [-0.2, -0.15) is 11.8 Å². The number of thioether (sulfide) groups is 1. The molecule has 2 fully saturated rings. The molecule has 0 bridgehead atoms. The molecule has 2 heterocycles. The van der Waals surface area contributed by atoms with E-state index < -0.39 is 0 Å². The van der Waals surface area contributed by atoms with Crippen molar-refractivity contribution in [3.63, 3.8) is 0 Å². The number of morpholine rings is 1. The fraction of sp³-hybridized carbons (Fsp3) is 0.632. The minimum atomic E-state index is 0.172. The molecule has 1 aromatic rings. The van der Waals surface area contributed by atoms with E-state index in [1.165, 1.54) is 0 Å². The molecule has 2 aliphatic rings. The van der Waals surface area contributed by atoms with Crippen LogP contribution in [0.4, 0.5) is 5.69 Å². The van der Waals surface area contributed by atoms with Gasteiger partial charge in [0.2, 0.25) is 0 Å². The third-order valence-corrected chi connectivity index (χ3v) is 6.10. The van der Waals surface area contributed by atoms with E-state index in [1.807, 2.05) is 50.1 Å². The van der Waals surface area contributed by atoms with E-state index in [4.69, 9.17) is 4.74 Å². The van der Waals surface area contributed by atoms with E-state index in [0.717, 1.165) is 68.6 Å². The van der Waals surface area contributed by atoms with Gasteiger partial charge in [0.05, 0.1) is 19.3 Å². The highest BCUT2D eigenvalue weighted by Gasteiger charge is 2.28. The summed E-state index contributed by atoms with van der Waals surface area (Å²) in [6.07, 6.45) is 1.08. The zero-order valence-electron chi connectivity index (χ0n) is 15.3. The monoisotopic (exact) mass is 363 g/mol. The van der Waals surface area contributed by atoms with Gasteiger partial charge in [-0.25, -0.2) is 0 Å². The Morgan fingerprint density at radius 3 is 2.60 bits per heavy atom. The predicted octanol–water partition coefficient (Wildman–Crippen LogP) is 2.03. The van der Waals surface area contributed by atoms with Crippen LogP contribution in [-0.2, 0) is 4.74 Å². The van der Waals surface area contributed by atoms with E-state index in [2.05, 4.69) is 14.7 Å². The summed E-state index contributed by atoms with van der Waals surface area (Å²) in [6.45, 7) is 5.37. The van der Waals surface area contributed by atoms with Crippen molar-refractivity contribution in [1.82, 2.24) is 9.80 Å². The highest BCUT2D eigenvalue weighted by atomic mass is 32.2. The quantitative estimate of drug-likeness (QED) is 0.818. The second-order valence-corrected chi connectivity index (χ2v) is 8.08. The van der Waals surface area contributed by atoms with Crippen molar-refractivity contribution < 1.29 is 9.53 Å². The van der Waals surface area contributed by atoms with Crippen molar-refractivity contribution in [2.75, 3.05) is 69.9 Å². The van der Waals surface area contributed by atoms with Crippen molar-refractivity contribution in [2.45, 2.75) is 12.5 Å². The van der Waals surface area contributed by atoms with Gasteiger partial charge < -0.3 is 14.5 Å². The maximum atomic E-state index is 13.1. The minimum Gasteiger partial charge on any atom is -0.379 e. The molecule has 1 unspecified atom stereocenters. The normalized spacial score (nSPS) is 22.5. The Kier molecular flexibility index (Phi) is 6.62. The predicted molar refractivity (Wildman–Crippen MR) is 105 cm³/mol. The number of ether oxygens (including phenoxy) is 1. The molecular formula is C19H29N3O2S. The average Bonchev–Trinajstić information content (AvgIpc) is 2.87. The first-order chi connectivity index (χ1) is 12.1. The zero-order chi connectivity index (χ0) is 17.6. The number of rotatable bonds is 4. The Bertz CT molecular complexity index is 558. The number of hydrogen-bond donors (Lipinski definition) is 0. The van der Waals surface area contributed by atoms with Crippen LogP contribution in [0.2, 0.25) is 0 Å². The smallest absolute Gasteiger partial charge is 0.254 e. The summed E-state index contributed by atoms with van der Waals surface area (Å²) in [4.78, 5) is 19.8. The summed E-state index contributed by atoms with van der Waals surface area (Å²) in [5.74, 6) is 2.34. The Morgan fingerprint density at radius 2 is 1.92 bits per heavy atom. The molecule has 0 saturated carbocycles. The number of anilines is 1. The Labute approximate surface area is 155 Å². The first-order valence-corrected chi connectivity index (χ1v) is 10.3. The highest BCUT2D eigenvalue weighted by Crippen LogP contribution is 2.21. The van der Waals surface area contributed by atoms with E-state index in [0.29, 0.717) is 0 Å². The van der Waals surface area contributed by atoms with Crippen LogP contribution in [-0.4, -0.2) is 86.7 Å². The lowest BCUT2D eigenvalue weighted by molar-refractivity contribution is 0.0245. The molecule has 2 saturated heterocycles. The SMILES string of the molecule is CN(C)c1ccc(C(=O)N2CCCSCC2CN2CCOCC2)cc1. The zero-order valence-corrected chi connectivity index (χ0v) is 16.1. The fourth-order valence-electron chi connectivity index (χ4n) is 3.40. The lowest BCUT2D eigenvalue weighted by atomic mass is 10.1. The summed E-state index contributed by atoms with van der Waals surface area (Å²) in [7, 11) is 4.03. The number of carbonyl (C=O) groups is 1. The van der Waals surface area contributed by atoms with Crippen molar-refractivity contribution in [1.29, 1.82) is 0 Å². The second-order valence-electron chi connectivity index (χ2n) is 6.94. The third-order valence-electron chi connectivity index (χ3n) is 4.90. The molecule has 138 valence electrons. The number of hydrogen-bond acceptors (Lipinski definition) is 5. The fourth-order valence-corrected chi connectivity index (χ4v) is 4.45. The molecule has 6 heteroatoms. The summed E-state index contributed by atoms with van der Waals surface area (Å²) in [5.41, 5.74) is 1.91. The number of benzene rings is 1. The van der Waals surface area contributed by atoms with Gasteiger partial charge >= 0.3 is 0 Å². The van der Waals surface area contributed by atoms with Crippen LogP contribution < -0.4 is 4.90 Å². The lowest BCUT2D eigenvalue weighted by Crippen LogP contribution is -2.50. The van der Waals surface area contributed by atoms with Gasteiger partial charge in [-0.1, -0.05) is 0 Å². The molecular weight excluding hydrogens is 334 g/mol. The standard InChI is InChI=1S/C19H29N3O2S/c1-20(2)17-6-4-16(5-7-17)19(23)22-8-3-13-25-15-18(22)14-21-9-11-24-12-10-21/h4-7,18H,3,8-15H2,1-2H3. The van der Waals surface area contributed by atoms with Crippen molar-refractivity contribution in [2.24, 2.45) is 0 Å².